The summed E-state index contributed by atoms with van der Waals surface area (Å²) in [5.41, 5.74) is 1.85. The molecule has 1 fully saturated rings. The molecule has 19 heavy (non-hydrogen) atoms. The maximum absolute atomic E-state index is 11.0. The Morgan fingerprint density at radius 3 is 2.84 bits per heavy atom. The zero-order valence-corrected chi connectivity index (χ0v) is 11.7. The van der Waals surface area contributed by atoms with Crippen molar-refractivity contribution in [1.29, 1.82) is 0 Å². The van der Waals surface area contributed by atoms with Crippen LogP contribution >= 0.6 is 0 Å². The summed E-state index contributed by atoms with van der Waals surface area (Å²) in [4.78, 5) is 13.1. The molecule has 5 heteroatoms. The van der Waals surface area contributed by atoms with Gasteiger partial charge in [-0.1, -0.05) is 6.07 Å². The van der Waals surface area contributed by atoms with Gasteiger partial charge in [0.25, 0.3) is 5.69 Å². The third-order valence-corrected chi connectivity index (χ3v) is 3.92. The maximum Gasteiger partial charge on any atom is 0.292 e. The minimum absolute atomic E-state index is 0.164. The number of nitrogens with one attached hydrogen (secondary N) is 1. The van der Waals surface area contributed by atoms with Crippen LogP contribution in [0, 0.1) is 17.0 Å². The molecule has 0 amide bonds. The van der Waals surface area contributed by atoms with Gasteiger partial charge in [0.05, 0.1) is 4.92 Å². The molecule has 0 aliphatic carbocycles. The number of likely N-dealkylation sites (tertiary alicyclic amines) is 1. The van der Waals surface area contributed by atoms with Crippen LogP contribution in [-0.4, -0.2) is 35.5 Å². The van der Waals surface area contributed by atoms with Gasteiger partial charge in [0.15, 0.2) is 0 Å². The number of benzene rings is 1. The summed E-state index contributed by atoms with van der Waals surface area (Å²) in [6.45, 7) is 5.17. The highest BCUT2D eigenvalue weighted by atomic mass is 16.6. The lowest BCUT2D eigenvalue weighted by Gasteiger charge is -2.35. The van der Waals surface area contributed by atoms with Gasteiger partial charge < -0.3 is 10.2 Å². The Bertz CT molecular complexity index is 476. The van der Waals surface area contributed by atoms with Crippen LogP contribution in [0.2, 0.25) is 0 Å². The molecule has 1 aromatic rings. The highest BCUT2D eigenvalue weighted by molar-refractivity contribution is 5.63. The van der Waals surface area contributed by atoms with Gasteiger partial charge in [-0.25, -0.2) is 0 Å². The van der Waals surface area contributed by atoms with Crippen molar-refractivity contribution in [2.24, 2.45) is 0 Å². The van der Waals surface area contributed by atoms with Crippen molar-refractivity contribution in [2.45, 2.75) is 38.8 Å². The zero-order chi connectivity index (χ0) is 14.0. The Morgan fingerprint density at radius 2 is 2.21 bits per heavy atom. The lowest BCUT2D eigenvalue weighted by Crippen LogP contribution is -2.42. The quantitative estimate of drug-likeness (QED) is 0.673. The van der Waals surface area contributed by atoms with Crippen LogP contribution in [0.5, 0.6) is 0 Å². The van der Waals surface area contributed by atoms with E-state index < -0.39 is 0 Å². The molecule has 5 nitrogen and oxygen atoms in total. The lowest BCUT2D eigenvalue weighted by molar-refractivity contribution is -0.384. The number of nitro groups is 1. The number of rotatable bonds is 3. The lowest BCUT2D eigenvalue weighted by atomic mass is 9.98. The summed E-state index contributed by atoms with van der Waals surface area (Å²) < 4.78 is 0. The predicted octanol–water partition coefficient (Wildman–Crippen LogP) is 2.80. The average molecular weight is 263 g/mol. The van der Waals surface area contributed by atoms with Crippen molar-refractivity contribution in [3.63, 3.8) is 0 Å². The molecule has 1 aliphatic rings. The van der Waals surface area contributed by atoms with Crippen molar-refractivity contribution < 1.29 is 4.92 Å². The summed E-state index contributed by atoms with van der Waals surface area (Å²) in [5.74, 6) is 0. The van der Waals surface area contributed by atoms with E-state index in [4.69, 9.17) is 0 Å². The molecule has 0 spiro atoms. The van der Waals surface area contributed by atoms with Gasteiger partial charge in [-0.05, 0) is 45.4 Å². The van der Waals surface area contributed by atoms with Crippen molar-refractivity contribution in [2.75, 3.05) is 18.9 Å². The van der Waals surface area contributed by atoms with E-state index in [9.17, 15) is 10.1 Å². The van der Waals surface area contributed by atoms with Gasteiger partial charge >= 0.3 is 0 Å². The fraction of sp³-hybridized carbons (Fsp3) is 0.571. The molecule has 1 aliphatic heterocycles. The van der Waals surface area contributed by atoms with Crippen molar-refractivity contribution in [3.8, 4) is 0 Å². The molecule has 0 radical (unpaired) electrons. The number of hydrogen-bond donors (Lipinski definition) is 1. The normalized spacial score (nSPS) is 24.2. The Morgan fingerprint density at radius 1 is 1.47 bits per heavy atom. The number of anilines is 1. The highest BCUT2D eigenvalue weighted by Gasteiger charge is 2.24. The standard InChI is InChI=1S/C14H21N3O2/c1-10-4-5-14(17(18)19)13(8-10)15-12-6-7-16(3)11(2)9-12/h4-5,8,11-12,15H,6-7,9H2,1-3H3. The predicted molar refractivity (Wildman–Crippen MR) is 76.6 cm³/mol. The van der Waals surface area contributed by atoms with Crippen LogP contribution in [0.15, 0.2) is 18.2 Å². The molecule has 2 atom stereocenters. The van der Waals surface area contributed by atoms with Crippen LogP contribution in [0.3, 0.4) is 0 Å². The summed E-state index contributed by atoms with van der Waals surface area (Å²) in [7, 11) is 2.12. The molecular weight excluding hydrogens is 242 g/mol. The van der Waals surface area contributed by atoms with E-state index in [0.29, 0.717) is 17.8 Å². The fourth-order valence-corrected chi connectivity index (χ4v) is 2.57. The monoisotopic (exact) mass is 263 g/mol. The molecule has 1 heterocycles. The SMILES string of the molecule is Cc1ccc([N+](=O)[O-])c(NC2CCN(C)C(C)C2)c1. The van der Waals surface area contributed by atoms with E-state index in [1.807, 2.05) is 13.0 Å². The van der Waals surface area contributed by atoms with Gasteiger partial charge in [-0.3, -0.25) is 10.1 Å². The first-order valence-corrected chi connectivity index (χ1v) is 6.69. The summed E-state index contributed by atoms with van der Waals surface area (Å²) in [6, 6.07) is 6.04. The van der Waals surface area contributed by atoms with Crippen molar-refractivity contribution in [1.82, 2.24) is 4.90 Å². The fourth-order valence-electron chi connectivity index (χ4n) is 2.57. The zero-order valence-electron chi connectivity index (χ0n) is 11.7. The van der Waals surface area contributed by atoms with Crippen LogP contribution in [0.1, 0.15) is 25.3 Å². The Hall–Kier alpha value is -1.62. The minimum atomic E-state index is -0.319. The number of hydrogen-bond acceptors (Lipinski definition) is 4. The summed E-state index contributed by atoms with van der Waals surface area (Å²) in [5, 5.41) is 14.4. The first-order chi connectivity index (χ1) is 8.97. The molecule has 0 bridgehead atoms. The summed E-state index contributed by atoms with van der Waals surface area (Å²) in [6.07, 6.45) is 2.04. The molecule has 2 unspecified atom stereocenters. The topological polar surface area (TPSA) is 58.4 Å². The van der Waals surface area contributed by atoms with Crippen molar-refractivity contribution in [3.05, 3.63) is 33.9 Å². The second kappa shape index (κ2) is 5.57. The molecule has 1 saturated heterocycles. The second-order valence-electron chi connectivity index (χ2n) is 5.47. The number of nitrogens with zero attached hydrogens (tertiary/aromatic N) is 2. The molecular formula is C14H21N3O2. The Kier molecular flexibility index (Phi) is 4.04. The van der Waals surface area contributed by atoms with Crippen LogP contribution in [-0.2, 0) is 0 Å². The van der Waals surface area contributed by atoms with E-state index in [1.165, 1.54) is 0 Å². The molecule has 1 aromatic carbocycles. The van der Waals surface area contributed by atoms with Gasteiger partial charge in [0.2, 0.25) is 0 Å². The molecule has 0 aromatic heterocycles. The summed E-state index contributed by atoms with van der Waals surface area (Å²) >= 11 is 0. The minimum Gasteiger partial charge on any atom is -0.377 e. The first-order valence-electron chi connectivity index (χ1n) is 6.69. The van der Waals surface area contributed by atoms with Gasteiger partial charge in [0.1, 0.15) is 5.69 Å². The second-order valence-corrected chi connectivity index (χ2v) is 5.47. The largest absolute Gasteiger partial charge is 0.377 e. The smallest absolute Gasteiger partial charge is 0.292 e. The maximum atomic E-state index is 11.0. The van der Waals surface area contributed by atoms with E-state index in [2.05, 4.69) is 24.2 Å². The number of nitro benzene ring substituents is 1. The third kappa shape index (κ3) is 3.23. The Labute approximate surface area is 113 Å². The van der Waals surface area contributed by atoms with E-state index in [-0.39, 0.29) is 10.6 Å². The molecule has 0 saturated carbocycles. The third-order valence-electron chi connectivity index (χ3n) is 3.92. The van der Waals surface area contributed by atoms with E-state index in [1.54, 1.807) is 12.1 Å². The van der Waals surface area contributed by atoms with E-state index >= 15 is 0 Å². The van der Waals surface area contributed by atoms with Gasteiger partial charge in [-0.15, -0.1) is 0 Å². The van der Waals surface area contributed by atoms with E-state index in [0.717, 1.165) is 24.9 Å². The number of piperidine rings is 1. The van der Waals surface area contributed by atoms with Crippen LogP contribution in [0.25, 0.3) is 0 Å². The Balaban J connectivity index is 2.14. The first kappa shape index (κ1) is 13.8. The average Bonchev–Trinajstić information content (AvgIpc) is 2.33. The number of aryl methyl sites for hydroxylation is 1. The molecule has 2 rings (SSSR count). The van der Waals surface area contributed by atoms with Crippen LogP contribution < -0.4 is 5.32 Å². The van der Waals surface area contributed by atoms with Gasteiger partial charge in [0, 0.05) is 24.7 Å². The van der Waals surface area contributed by atoms with Gasteiger partial charge in [-0.2, -0.15) is 0 Å². The van der Waals surface area contributed by atoms with Crippen LogP contribution in [0.4, 0.5) is 11.4 Å². The molecule has 1 N–H and O–H groups in total. The van der Waals surface area contributed by atoms with Crippen molar-refractivity contribution >= 4 is 11.4 Å². The molecule has 104 valence electrons. The highest BCUT2D eigenvalue weighted by Crippen LogP contribution is 2.28.